The van der Waals surface area contributed by atoms with E-state index in [9.17, 15) is 0 Å². The van der Waals surface area contributed by atoms with Gasteiger partial charge in [0.05, 0.1) is 4.45 Å². The Bertz CT molecular complexity index is 178. The van der Waals surface area contributed by atoms with Crippen LogP contribution in [0.5, 0.6) is 0 Å². The van der Waals surface area contributed by atoms with Gasteiger partial charge in [0.15, 0.2) is 0 Å². The van der Waals surface area contributed by atoms with Gasteiger partial charge in [0.1, 0.15) is 0 Å². The van der Waals surface area contributed by atoms with Crippen LogP contribution >= 0.6 is 15.9 Å². The highest BCUT2D eigenvalue weighted by Crippen LogP contribution is 2.35. The predicted molar refractivity (Wildman–Crippen MR) is 92.1 cm³/mol. The zero-order chi connectivity index (χ0) is 14.6. The summed E-state index contributed by atoms with van der Waals surface area (Å²) in [4.78, 5) is 2.74. The van der Waals surface area contributed by atoms with E-state index in [0.29, 0.717) is 0 Å². The summed E-state index contributed by atoms with van der Waals surface area (Å²) in [6.45, 7) is 11.7. The quantitative estimate of drug-likeness (QED) is 0.280. The highest BCUT2D eigenvalue weighted by Gasteiger charge is 2.31. The van der Waals surface area contributed by atoms with Crippen molar-refractivity contribution in [3.05, 3.63) is 0 Å². The van der Waals surface area contributed by atoms with Crippen LogP contribution < -0.4 is 0 Å². The number of rotatable bonds is 13. The minimum Gasteiger partial charge on any atom is -0.288 e. The molecule has 0 aromatic carbocycles. The van der Waals surface area contributed by atoms with Gasteiger partial charge in [-0.15, -0.1) is 0 Å². The Kier molecular flexibility index (Phi) is 12.5. The third kappa shape index (κ3) is 8.34. The van der Waals surface area contributed by atoms with Crippen LogP contribution in [0.15, 0.2) is 0 Å². The van der Waals surface area contributed by atoms with Crippen molar-refractivity contribution in [2.45, 2.75) is 96.4 Å². The van der Waals surface area contributed by atoms with Gasteiger partial charge in [-0.25, -0.2) is 0 Å². The van der Waals surface area contributed by atoms with E-state index in [1.54, 1.807) is 0 Å². The maximum Gasteiger partial charge on any atom is 0.0767 e. The molecule has 1 nitrogen and oxygen atoms in total. The monoisotopic (exact) mass is 333 g/mol. The van der Waals surface area contributed by atoms with Gasteiger partial charge in [-0.3, -0.25) is 4.90 Å². The van der Waals surface area contributed by atoms with Crippen LogP contribution in [0.4, 0.5) is 0 Å². The molecule has 2 heteroatoms. The molecule has 0 fully saturated rings. The summed E-state index contributed by atoms with van der Waals surface area (Å²) in [5.74, 6) is 0. The van der Waals surface area contributed by atoms with Gasteiger partial charge in [-0.1, -0.05) is 82.1 Å². The fourth-order valence-corrected chi connectivity index (χ4v) is 3.46. The zero-order valence-electron chi connectivity index (χ0n) is 13.8. The first kappa shape index (κ1) is 19.4. The normalized spacial score (nSPS) is 12.3. The SMILES string of the molecule is CCCCN(CCCC)C(Br)(CCCC)CCCC. The average molecular weight is 334 g/mol. The molecule has 0 radical (unpaired) electrons. The fourth-order valence-electron chi connectivity index (χ4n) is 2.55. The predicted octanol–water partition coefficient (Wildman–Crippen LogP) is 6.36. The van der Waals surface area contributed by atoms with Crippen molar-refractivity contribution in [2.24, 2.45) is 0 Å². The maximum absolute atomic E-state index is 4.14. The van der Waals surface area contributed by atoms with E-state index in [1.807, 2.05) is 0 Å². The highest BCUT2D eigenvalue weighted by atomic mass is 79.9. The van der Waals surface area contributed by atoms with E-state index in [0.717, 1.165) is 0 Å². The number of unbranched alkanes of at least 4 members (excludes halogenated alkanes) is 4. The summed E-state index contributed by atoms with van der Waals surface area (Å²) < 4.78 is 0.267. The Balaban J connectivity index is 4.64. The Hall–Kier alpha value is 0.440. The van der Waals surface area contributed by atoms with Gasteiger partial charge >= 0.3 is 0 Å². The summed E-state index contributed by atoms with van der Waals surface area (Å²) in [5, 5.41) is 0. The van der Waals surface area contributed by atoms with Crippen LogP contribution in [-0.4, -0.2) is 22.4 Å². The van der Waals surface area contributed by atoms with E-state index in [1.165, 1.54) is 77.3 Å². The molecule has 0 aromatic rings. The second-order valence-corrected chi connectivity index (χ2v) is 7.30. The van der Waals surface area contributed by atoms with Crippen LogP contribution in [0.3, 0.4) is 0 Å². The molecule has 0 amide bonds. The lowest BCUT2D eigenvalue weighted by atomic mass is 10.0. The Morgan fingerprint density at radius 2 is 1.05 bits per heavy atom. The van der Waals surface area contributed by atoms with Gasteiger partial charge in [0.25, 0.3) is 0 Å². The van der Waals surface area contributed by atoms with Crippen LogP contribution in [0.2, 0.25) is 0 Å². The molecule has 0 rings (SSSR count). The molecule has 19 heavy (non-hydrogen) atoms. The van der Waals surface area contributed by atoms with E-state index < -0.39 is 0 Å². The molecule has 0 aliphatic heterocycles. The Morgan fingerprint density at radius 3 is 1.37 bits per heavy atom. The highest BCUT2D eigenvalue weighted by molar-refractivity contribution is 9.10. The van der Waals surface area contributed by atoms with Crippen LogP contribution in [0.25, 0.3) is 0 Å². The first-order valence-corrected chi connectivity index (χ1v) is 9.37. The molecular weight excluding hydrogens is 298 g/mol. The smallest absolute Gasteiger partial charge is 0.0767 e. The molecule has 0 spiro atoms. The first-order valence-electron chi connectivity index (χ1n) is 8.58. The second-order valence-electron chi connectivity index (χ2n) is 5.82. The van der Waals surface area contributed by atoms with Crippen molar-refractivity contribution in [2.75, 3.05) is 13.1 Å². The number of hydrogen-bond donors (Lipinski definition) is 0. The molecular formula is C17H36BrN. The molecule has 0 saturated carbocycles. The molecule has 0 aliphatic carbocycles. The lowest BCUT2D eigenvalue weighted by Crippen LogP contribution is -2.45. The average Bonchev–Trinajstić information content (AvgIpc) is 2.43. The van der Waals surface area contributed by atoms with Crippen LogP contribution in [0, 0.1) is 0 Å². The lowest BCUT2D eigenvalue weighted by molar-refractivity contribution is 0.145. The molecule has 0 heterocycles. The van der Waals surface area contributed by atoms with Crippen molar-refractivity contribution >= 4 is 15.9 Å². The lowest BCUT2D eigenvalue weighted by Gasteiger charge is -2.40. The largest absolute Gasteiger partial charge is 0.288 e. The van der Waals surface area contributed by atoms with E-state index in [4.69, 9.17) is 0 Å². The van der Waals surface area contributed by atoms with Crippen molar-refractivity contribution in [1.82, 2.24) is 4.90 Å². The van der Waals surface area contributed by atoms with Gasteiger partial charge in [-0.05, 0) is 38.8 Å². The second kappa shape index (κ2) is 12.2. The van der Waals surface area contributed by atoms with Crippen LogP contribution in [-0.2, 0) is 0 Å². The van der Waals surface area contributed by atoms with Gasteiger partial charge < -0.3 is 0 Å². The van der Waals surface area contributed by atoms with Crippen molar-refractivity contribution in [3.8, 4) is 0 Å². The number of hydrogen-bond acceptors (Lipinski definition) is 1. The third-order valence-electron chi connectivity index (χ3n) is 3.96. The molecule has 0 saturated heterocycles. The van der Waals surface area contributed by atoms with Crippen molar-refractivity contribution in [3.63, 3.8) is 0 Å². The number of halogens is 1. The van der Waals surface area contributed by atoms with Gasteiger partial charge in [0.2, 0.25) is 0 Å². The molecule has 0 atom stereocenters. The van der Waals surface area contributed by atoms with Crippen molar-refractivity contribution in [1.29, 1.82) is 0 Å². The standard InChI is InChI=1S/C17H36BrN/c1-5-9-13-17(18,14-10-6-2)19(15-11-7-3)16-12-8-4/h5-16H2,1-4H3. The Morgan fingerprint density at radius 1 is 0.684 bits per heavy atom. The maximum atomic E-state index is 4.14. The Labute approximate surface area is 130 Å². The van der Waals surface area contributed by atoms with E-state index in [-0.39, 0.29) is 4.45 Å². The molecule has 0 aromatic heterocycles. The molecule has 0 N–H and O–H groups in total. The van der Waals surface area contributed by atoms with Crippen LogP contribution in [0.1, 0.15) is 91.9 Å². The summed E-state index contributed by atoms with van der Waals surface area (Å²) in [6.07, 6.45) is 13.1. The molecule has 116 valence electrons. The zero-order valence-corrected chi connectivity index (χ0v) is 15.4. The third-order valence-corrected chi connectivity index (χ3v) is 5.25. The molecule has 0 aliphatic rings. The van der Waals surface area contributed by atoms with E-state index in [2.05, 4.69) is 48.5 Å². The van der Waals surface area contributed by atoms with E-state index >= 15 is 0 Å². The molecule has 0 bridgehead atoms. The molecule has 0 unspecified atom stereocenters. The summed E-state index contributed by atoms with van der Waals surface area (Å²) >= 11 is 4.14. The van der Waals surface area contributed by atoms with Gasteiger partial charge in [0, 0.05) is 0 Å². The van der Waals surface area contributed by atoms with Crippen molar-refractivity contribution < 1.29 is 0 Å². The van der Waals surface area contributed by atoms with Gasteiger partial charge in [-0.2, -0.15) is 0 Å². The number of alkyl halides is 1. The fraction of sp³-hybridized carbons (Fsp3) is 1.00. The summed E-state index contributed by atoms with van der Waals surface area (Å²) in [7, 11) is 0. The minimum absolute atomic E-state index is 0.267. The topological polar surface area (TPSA) is 3.24 Å². The number of nitrogens with zero attached hydrogens (tertiary/aromatic N) is 1. The minimum atomic E-state index is 0.267. The first-order chi connectivity index (χ1) is 9.14. The summed E-state index contributed by atoms with van der Waals surface area (Å²) in [6, 6.07) is 0. The summed E-state index contributed by atoms with van der Waals surface area (Å²) in [5.41, 5.74) is 0.